The molecule has 0 fully saturated rings. The highest BCUT2D eigenvalue weighted by Crippen LogP contribution is 2.38. The lowest BCUT2D eigenvalue weighted by Crippen LogP contribution is -2.25. The molecule has 0 aliphatic heterocycles. The lowest BCUT2D eigenvalue weighted by molar-refractivity contribution is 0.0948. The lowest BCUT2D eigenvalue weighted by Gasteiger charge is -2.14. The van der Waals surface area contributed by atoms with Crippen LogP contribution in [-0.4, -0.2) is 42.0 Å². The van der Waals surface area contributed by atoms with E-state index < -0.39 is 0 Å². The molecule has 0 saturated carbocycles. The predicted octanol–water partition coefficient (Wildman–Crippen LogP) is 4.02. The third-order valence-corrected chi connectivity index (χ3v) is 5.93. The molecule has 0 bridgehead atoms. The van der Waals surface area contributed by atoms with Crippen molar-refractivity contribution in [3.05, 3.63) is 71.6 Å². The zero-order chi connectivity index (χ0) is 23.8. The third-order valence-electron chi connectivity index (χ3n) is 4.89. The minimum Gasteiger partial charge on any atom is -0.493 e. The zero-order valence-corrected chi connectivity index (χ0v) is 20.1. The first-order valence-corrected chi connectivity index (χ1v) is 11.3. The Kier molecular flexibility index (Phi) is 8.37. The Bertz CT molecular complexity index is 1100. The number of rotatable bonds is 11. The number of benzene rings is 2. The summed E-state index contributed by atoms with van der Waals surface area (Å²) in [5.74, 6) is 2.36. The summed E-state index contributed by atoms with van der Waals surface area (Å²) in [5.41, 5.74) is 2.81. The van der Waals surface area contributed by atoms with Crippen molar-refractivity contribution in [2.24, 2.45) is 0 Å². The van der Waals surface area contributed by atoms with Crippen LogP contribution in [0.1, 0.15) is 27.3 Å². The molecule has 0 saturated heterocycles. The van der Waals surface area contributed by atoms with E-state index in [2.05, 4.69) is 47.2 Å². The standard InChI is InChI=1S/C24H28N4O4S/c1-6-10-28-21(26-27-24(28)33-15-17-9-7-8-16(2)11-17)14-25-23(29)18-12-19(30-3)22(32-5)20(13-18)31-4/h6-9,11-13H,1,10,14-15H2,2-5H3,(H,25,29). The van der Waals surface area contributed by atoms with Crippen molar-refractivity contribution < 1.29 is 19.0 Å². The first-order valence-electron chi connectivity index (χ1n) is 10.3. The Morgan fingerprint density at radius 3 is 2.45 bits per heavy atom. The molecular formula is C24H28N4O4S. The van der Waals surface area contributed by atoms with Crippen LogP contribution in [0.5, 0.6) is 17.2 Å². The normalized spacial score (nSPS) is 10.5. The molecule has 2 aromatic carbocycles. The Morgan fingerprint density at radius 2 is 1.85 bits per heavy atom. The van der Waals surface area contributed by atoms with Gasteiger partial charge in [-0.15, -0.1) is 16.8 Å². The maximum atomic E-state index is 12.8. The molecule has 174 valence electrons. The number of methoxy groups -OCH3 is 3. The number of carbonyl (C=O) groups is 1. The maximum absolute atomic E-state index is 12.8. The van der Waals surface area contributed by atoms with Crippen molar-refractivity contribution in [3.8, 4) is 17.2 Å². The van der Waals surface area contributed by atoms with Crippen molar-refractivity contribution >= 4 is 17.7 Å². The molecule has 0 radical (unpaired) electrons. The molecule has 1 aromatic heterocycles. The molecule has 33 heavy (non-hydrogen) atoms. The second-order valence-corrected chi connectivity index (χ2v) is 8.12. The van der Waals surface area contributed by atoms with Crippen molar-refractivity contribution in [3.63, 3.8) is 0 Å². The second kappa shape index (κ2) is 11.4. The fraction of sp³-hybridized carbons (Fsp3) is 0.292. The van der Waals surface area contributed by atoms with E-state index in [-0.39, 0.29) is 12.5 Å². The van der Waals surface area contributed by atoms with Gasteiger partial charge in [-0.1, -0.05) is 47.7 Å². The van der Waals surface area contributed by atoms with Gasteiger partial charge in [0.2, 0.25) is 5.75 Å². The van der Waals surface area contributed by atoms with Gasteiger partial charge in [0.1, 0.15) is 0 Å². The summed E-state index contributed by atoms with van der Waals surface area (Å²) in [5, 5.41) is 12.3. The maximum Gasteiger partial charge on any atom is 0.251 e. The number of nitrogens with zero attached hydrogens (tertiary/aromatic N) is 3. The van der Waals surface area contributed by atoms with E-state index in [9.17, 15) is 4.79 Å². The molecule has 0 spiro atoms. The topological polar surface area (TPSA) is 87.5 Å². The molecule has 0 aliphatic rings. The molecule has 0 atom stereocenters. The SMILES string of the molecule is C=CCn1c(CNC(=O)c2cc(OC)c(OC)c(OC)c2)nnc1SCc1cccc(C)c1. The first-order chi connectivity index (χ1) is 16.0. The number of allylic oxidation sites excluding steroid dienone is 1. The van der Waals surface area contributed by atoms with Gasteiger partial charge in [-0.05, 0) is 24.6 Å². The Hall–Kier alpha value is -3.46. The summed E-state index contributed by atoms with van der Waals surface area (Å²) in [6.45, 7) is 6.65. The highest BCUT2D eigenvalue weighted by molar-refractivity contribution is 7.98. The minimum atomic E-state index is -0.295. The molecule has 1 heterocycles. The van der Waals surface area contributed by atoms with Gasteiger partial charge >= 0.3 is 0 Å². The van der Waals surface area contributed by atoms with E-state index in [1.54, 1.807) is 30.0 Å². The van der Waals surface area contributed by atoms with Gasteiger partial charge in [-0.3, -0.25) is 4.79 Å². The lowest BCUT2D eigenvalue weighted by atomic mass is 10.1. The van der Waals surface area contributed by atoms with Gasteiger partial charge in [0, 0.05) is 17.9 Å². The molecule has 1 amide bonds. The fourth-order valence-corrected chi connectivity index (χ4v) is 4.20. The number of nitrogens with one attached hydrogen (secondary N) is 1. The van der Waals surface area contributed by atoms with Crippen molar-refractivity contribution in [1.29, 1.82) is 0 Å². The number of carbonyl (C=O) groups excluding carboxylic acids is 1. The highest BCUT2D eigenvalue weighted by atomic mass is 32.2. The summed E-state index contributed by atoms with van der Waals surface area (Å²) in [4.78, 5) is 12.8. The van der Waals surface area contributed by atoms with E-state index in [0.29, 0.717) is 35.2 Å². The van der Waals surface area contributed by atoms with Gasteiger partial charge in [0.25, 0.3) is 5.91 Å². The Morgan fingerprint density at radius 1 is 1.12 bits per heavy atom. The van der Waals surface area contributed by atoms with E-state index >= 15 is 0 Å². The summed E-state index contributed by atoms with van der Waals surface area (Å²) in [7, 11) is 4.53. The quantitative estimate of drug-likeness (QED) is 0.336. The average Bonchev–Trinajstić information content (AvgIpc) is 3.21. The molecule has 9 heteroatoms. The Labute approximate surface area is 198 Å². The van der Waals surface area contributed by atoms with Gasteiger partial charge in [0.15, 0.2) is 22.5 Å². The predicted molar refractivity (Wildman–Crippen MR) is 128 cm³/mol. The van der Waals surface area contributed by atoms with Crippen LogP contribution in [0.2, 0.25) is 0 Å². The number of hydrogen-bond acceptors (Lipinski definition) is 7. The number of hydrogen-bond donors (Lipinski definition) is 1. The highest BCUT2D eigenvalue weighted by Gasteiger charge is 2.18. The van der Waals surface area contributed by atoms with Gasteiger partial charge in [-0.2, -0.15) is 0 Å². The molecule has 3 aromatic rings. The Balaban J connectivity index is 1.73. The van der Waals surface area contributed by atoms with E-state index in [1.165, 1.54) is 32.5 Å². The molecular weight excluding hydrogens is 440 g/mol. The number of aromatic nitrogens is 3. The molecule has 3 rings (SSSR count). The number of thioether (sulfide) groups is 1. The average molecular weight is 469 g/mol. The molecule has 0 aliphatic carbocycles. The van der Waals surface area contributed by atoms with Crippen LogP contribution in [0, 0.1) is 6.92 Å². The van der Waals surface area contributed by atoms with E-state index in [4.69, 9.17) is 14.2 Å². The summed E-state index contributed by atoms with van der Waals surface area (Å²) in [6.07, 6.45) is 1.78. The third kappa shape index (κ3) is 5.87. The van der Waals surface area contributed by atoms with E-state index in [1.807, 2.05) is 10.6 Å². The van der Waals surface area contributed by atoms with E-state index in [0.717, 1.165) is 10.9 Å². The van der Waals surface area contributed by atoms with Gasteiger partial charge < -0.3 is 24.1 Å². The number of aryl methyl sites for hydroxylation is 1. The van der Waals surface area contributed by atoms with Crippen molar-refractivity contribution in [2.45, 2.75) is 30.9 Å². The summed E-state index contributed by atoms with van der Waals surface area (Å²) < 4.78 is 17.9. The van der Waals surface area contributed by atoms with Crippen LogP contribution in [0.3, 0.4) is 0 Å². The van der Waals surface area contributed by atoms with Crippen molar-refractivity contribution in [2.75, 3.05) is 21.3 Å². The second-order valence-electron chi connectivity index (χ2n) is 7.17. The van der Waals surface area contributed by atoms with Crippen LogP contribution in [0.15, 0.2) is 54.2 Å². The number of ether oxygens (including phenoxy) is 3. The van der Waals surface area contributed by atoms with Crippen molar-refractivity contribution in [1.82, 2.24) is 20.1 Å². The minimum absolute atomic E-state index is 0.210. The summed E-state index contributed by atoms with van der Waals surface area (Å²) in [6, 6.07) is 11.6. The van der Waals surface area contributed by atoms with Crippen LogP contribution in [0.4, 0.5) is 0 Å². The molecule has 8 nitrogen and oxygen atoms in total. The van der Waals surface area contributed by atoms with Crippen LogP contribution >= 0.6 is 11.8 Å². The fourth-order valence-electron chi connectivity index (χ4n) is 3.29. The number of amides is 1. The molecule has 0 unspecified atom stereocenters. The van der Waals surface area contributed by atoms with Crippen LogP contribution < -0.4 is 19.5 Å². The smallest absolute Gasteiger partial charge is 0.251 e. The van der Waals surface area contributed by atoms with Crippen LogP contribution in [0.25, 0.3) is 0 Å². The van der Waals surface area contributed by atoms with Gasteiger partial charge in [-0.25, -0.2) is 0 Å². The first kappa shape index (κ1) is 24.2. The molecule has 1 N–H and O–H groups in total. The zero-order valence-electron chi connectivity index (χ0n) is 19.3. The summed E-state index contributed by atoms with van der Waals surface area (Å²) >= 11 is 1.60. The monoisotopic (exact) mass is 468 g/mol. The largest absolute Gasteiger partial charge is 0.493 e. The van der Waals surface area contributed by atoms with Crippen LogP contribution in [-0.2, 0) is 18.8 Å². The van der Waals surface area contributed by atoms with Gasteiger partial charge in [0.05, 0.1) is 27.9 Å².